The maximum absolute atomic E-state index is 12.3. The molecule has 158 valence electrons. The maximum atomic E-state index is 12.3. The van der Waals surface area contributed by atoms with E-state index in [4.69, 9.17) is 4.42 Å². The Kier molecular flexibility index (Phi) is 5.13. The van der Waals surface area contributed by atoms with Crippen LogP contribution in [-0.2, 0) is 10.2 Å². The van der Waals surface area contributed by atoms with E-state index in [-0.39, 0.29) is 11.8 Å². The number of furan rings is 1. The highest BCUT2D eigenvalue weighted by Gasteiger charge is 2.51. The Morgan fingerprint density at radius 1 is 0.967 bits per heavy atom. The molecule has 0 unspecified atom stereocenters. The second kappa shape index (κ2) is 7.93. The Morgan fingerprint density at radius 3 is 2.23 bits per heavy atom. The Morgan fingerprint density at radius 2 is 1.63 bits per heavy atom. The fraction of sp³-hybridized carbons (Fsp3) is 0.520. The van der Waals surface area contributed by atoms with Crippen molar-refractivity contribution in [1.29, 1.82) is 0 Å². The fourth-order valence-electron chi connectivity index (χ4n) is 6.54. The first kappa shape index (κ1) is 19.4. The van der Waals surface area contributed by atoms with E-state index in [1.54, 1.807) is 12.1 Å². The number of carbonyl (C=O) groups is 2. The van der Waals surface area contributed by atoms with Crippen LogP contribution >= 0.6 is 0 Å². The zero-order valence-corrected chi connectivity index (χ0v) is 17.4. The highest BCUT2D eigenvalue weighted by Crippen LogP contribution is 2.60. The number of carbonyl (C=O) groups excluding carboxylic acids is 2. The minimum absolute atomic E-state index is 0.0233. The van der Waals surface area contributed by atoms with Gasteiger partial charge in [0.2, 0.25) is 5.91 Å². The second-order valence-electron chi connectivity index (χ2n) is 9.66. The van der Waals surface area contributed by atoms with Crippen LogP contribution in [-0.4, -0.2) is 18.4 Å². The maximum Gasteiger partial charge on any atom is 0.286 e. The SMILES string of the molecule is O=C(CCCNC(=O)c1ccco1)Nc1ccc(C23CC4CC(CC(C4)C2)C3)cc1. The van der Waals surface area contributed by atoms with Gasteiger partial charge in [0.15, 0.2) is 5.76 Å². The average Bonchev–Trinajstić information content (AvgIpc) is 3.26. The number of anilines is 1. The smallest absolute Gasteiger partial charge is 0.286 e. The molecule has 0 aliphatic heterocycles. The lowest BCUT2D eigenvalue weighted by Gasteiger charge is -2.57. The van der Waals surface area contributed by atoms with Crippen LogP contribution in [0.5, 0.6) is 0 Å². The molecule has 4 saturated carbocycles. The number of hydrogen-bond acceptors (Lipinski definition) is 3. The van der Waals surface area contributed by atoms with Crippen LogP contribution in [0.4, 0.5) is 5.69 Å². The number of benzene rings is 1. The molecule has 0 radical (unpaired) electrons. The van der Waals surface area contributed by atoms with Crippen molar-refractivity contribution in [2.75, 3.05) is 11.9 Å². The normalized spacial score (nSPS) is 29.0. The molecule has 4 aliphatic rings. The molecule has 2 amide bonds. The third kappa shape index (κ3) is 3.90. The molecular formula is C25H30N2O3. The van der Waals surface area contributed by atoms with Gasteiger partial charge in [-0.05, 0) is 97.9 Å². The van der Waals surface area contributed by atoms with Crippen LogP contribution in [0.1, 0.15) is 67.5 Å². The number of rotatable bonds is 7. The summed E-state index contributed by atoms with van der Waals surface area (Å²) in [4.78, 5) is 24.0. The summed E-state index contributed by atoms with van der Waals surface area (Å²) in [6.45, 7) is 0.442. The lowest BCUT2D eigenvalue weighted by Crippen LogP contribution is -2.48. The molecule has 0 atom stereocenters. The van der Waals surface area contributed by atoms with Gasteiger partial charge in [0.05, 0.1) is 6.26 Å². The van der Waals surface area contributed by atoms with Gasteiger partial charge in [-0.1, -0.05) is 12.1 Å². The summed E-state index contributed by atoms with van der Waals surface area (Å²) in [5, 5.41) is 5.75. The summed E-state index contributed by atoms with van der Waals surface area (Å²) in [6, 6.07) is 11.9. The molecule has 4 aliphatic carbocycles. The molecule has 6 rings (SSSR count). The monoisotopic (exact) mass is 406 g/mol. The molecule has 4 bridgehead atoms. The zero-order chi connectivity index (χ0) is 20.6. The van der Waals surface area contributed by atoms with Gasteiger partial charge in [-0.2, -0.15) is 0 Å². The summed E-state index contributed by atoms with van der Waals surface area (Å²) < 4.78 is 5.05. The van der Waals surface area contributed by atoms with Gasteiger partial charge >= 0.3 is 0 Å². The van der Waals surface area contributed by atoms with Crippen molar-refractivity contribution in [2.24, 2.45) is 17.8 Å². The minimum atomic E-state index is -0.249. The first-order valence-corrected chi connectivity index (χ1v) is 11.3. The molecule has 1 aromatic heterocycles. The molecule has 5 heteroatoms. The van der Waals surface area contributed by atoms with Gasteiger partial charge in [-0.3, -0.25) is 9.59 Å². The Labute approximate surface area is 177 Å². The first-order valence-electron chi connectivity index (χ1n) is 11.3. The average molecular weight is 407 g/mol. The molecule has 1 heterocycles. The van der Waals surface area contributed by atoms with Gasteiger partial charge in [0.1, 0.15) is 0 Å². The third-order valence-electron chi connectivity index (χ3n) is 7.43. The van der Waals surface area contributed by atoms with E-state index in [1.165, 1.54) is 50.4 Å². The van der Waals surface area contributed by atoms with Gasteiger partial charge in [-0.15, -0.1) is 0 Å². The van der Waals surface area contributed by atoms with Crippen molar-refractivity contribution in [3.8, 4) is 0 Å². The topological polar surface area (TPSA) is 71.3 Å². The van der Waals surface area contributed by atoms with Crippen molar-refractivity contribution < 1.29 is 14.0 Å². The lowest BCUT2D eigenvalue weighted by atomic mass is 9.48. The molecule has 0 spiro atoms. The molecule has 30 heavy (non-hydrogen) atoms. The standard InChI is InChI=1S/C25H30N2O3/c28-23(4-1-9-26-24(29)22-3-2-10-30-22)27-21-7-5-20(6-8-21)25-14-17-11-18(15-25)13-19(12-17)16-25/h2-3,5-8,10,17-19H,1,4,9,11-16H2,(H,26,29)(H,27,28). The summed E-state index contributed by atoms with van der Waals surface area (Å²) in [6.07, 6.45) is 10.9. The van der Waals surface area contributed by atoms with Gasteiger partial charge < -0.3 is 15.1 Å². The highest BCUT2D eigenvalue weighted by molar-refractivity contribution is 5.92. The summed E-state index contributed by atoms with van der Waals surface area (Å²) in [5.41, 5.74) is 2.72. The van der Waals surface area contributed by atoms with Crippen molar-refractivity contribution >= 4 is 17.5 Å². The number of hydrogen-bond donors (Lipinski definition) is 2. The minimum Gasteiger partial charge on any atom is -0.459 e. The first-order chi connectivity index (χ1) is 14.6. The van der Waals surface area contributed by atoms with Gasteiger partial charge in [0.25, 0.3) is 5.91 Å². The van der Waals surface area contributed by atoms with E-state index in [0.717, 1.165) is 23.4 Å². The summed E-state index contributed by atoms with van der Waals surface area (Å²) in [7, 11) is 0. The van der Waals surface area contributed by atoms with Crippen LogP contribution in [0.2, 0.25) is 0 Å². The molecule has 2 N–H and O–H groups in total. The van der Waals surface area contributed by atoms with Crippen LogP contribution < -0.4 is 10.6 Å². The molecule has 4 fully saturated rings. The van der Waals surface area contributed by atoms with Crippen LogP contribution in [0.25, 0.3) is 0 Å². The van der Waals surface area contributed by atoms with E-state index in [9.17, 15) is 9.59 Å². The van der Waals surface area contributed by atoms with Crippen molar-refractivity contribution in [1.82, 2.24) is 5.32 Å². The van der Waals surface area contributed by atoms with Crippen molar-refractivity contribution in [3.63, 3.8) is 0 Å². The Bertz CT molecular complexity index is 866. The summed E-state index contributed by atoms with van der Waals surface area (Å²) in [5.74, 6) is 2.82. The predicted octanol–water partition coefficient (Wildman–Crippen LogP) is 4.90. The quantitative estimate of drug-likeness (QED) is 0.643. The summed E-state index contributed by atoms with van der Waals surface area (Å²) >= 11 is 0. The zero-order valence-electron chi connectivity index (χ0n) is 17.4. The van der Waals surface area contributed by atoms with E-state index < -0.39 is 0 Å². The molecular weight excluding hydrogens is 376 g/mol. The van der Waals surface area contributed by atoms with Crippen LogP contribution in [0.3, 0.4) is 0 Å². The van der Waals surface area contributed by atoms with E-state index in [1.807, 2.05) is 0 Å². The Balaban J connectivity index is 1.10. The van der Waals surface area contributed by atoms with Crippen molar-refractivity contribution in [3.05, 3.63) is 54.0 Å². The molecule has 2 aromatic rings. The van der Waals surface area contributed by atoms with E-state index >= 15 is 0 Å². The predicted molar refractivity (Wildman–Crippen MR) is 115 cm³/mol. The number of amides is 2. The van der Waals surface area contributed by atoms with Gasteiger partial charge in [-0.25, -0.2) is 0 Å². The molecule has 0 saturated heterocycles. The van der Waals surface area contributed by atoms with E-state index in [0.29, 0.717) is 30.6 Å². The highest BCUT2D eigenvalue weighted by atomic mass is 16.3. The lowest BCUT2D eigenvalue weighted by molar-refractivity contribution is -0.116. The van der Waals surface area contributed by atoms with Gasteiger partial charge in [0, 0.05) is 18.7 Å². The molecule has 1 aromatic carbocycles. The Hall–Kier alpha value is -2.56. The van der Waals surface area contributed by atoms with Crippen LogP contribution in [0, 0.1) is 17.8 Å². The fourth-order valence-corrected chi connectivity index (χ4v) is 6.54. The molecule has 5 nitrogen and oxygen atoms in total. The van der Waals surface area contributed by atoms with Crippen molar-refractivity contribution in [2.45, 2.75) is 56.8 Å². The number of nitrogens with one attached hydrogen (secondary N) is 2. The largest absolute Gasteiger partial charge is 0.459 e. The second-order valence-corrected chi connectivity index (χ2v) is 9.66. The van der Waals surface area contributed by atoms with E-state index in [2.05, 4.69) is 34.9 Å². The third-order valence-corrected chi connectivity index (χ3v) is 7.43. The van der Waals surface area contributed by atoms with Crippen LogP contribution in [0.15, 0.2) is 47.1 Å².